The fourth-order valence-electron chi connectivity index (χ4n) is 3.20. The second-order valence-corrected chi connectivity index (χ2v) is 8.52. The van der Waals surface area contributed by atoms with E-state index in [9.17, 15) is 12.8 Å². The summed E-state index contributed by atoms with van der Waals surface area (Å²) < 4.78 is 37.3. The Morgan fingerprint density at radius 3 is 2.33 bits per heavy atom. The zero-order valence-electron chi connectivity index (χ0n) is 13.8. The molecule has 0 saturated carbocycles. The van der Waals surface area contributed by atoms with Crippen LogP contribution in [0.25, 0.3) is 11.1 Å². The van der Waals surface area contributed by atoms with Crippen molar-refractivity contribution in [1.29, 1.82) is 0 Å². The molecule has 0 radical (unpaired) electrons. The maximum Gasteiger partial charge on any atom is 0.175 e. The minimum atomic E-state index is -3.39. The Bertz CT molecular complexity index is 810. The molecule has 0 aromatic heterocycles. The van der Waals surface area contributed by atoms with Gasteiger partial charge in [0, 0.05) is 11.8 Å². The number of rotatable bonds is 4. The molecule has 1 aliphatic heterocycles. The number of nitrogens with one attached hydrogen (secondary N) is 1. The average molecular weight is 347 g/mol. The largest absolute Gasteiger partial charge is 0.317 e. The van der Waals surface area contributed by atoms with Crippen molar-refractivity contribution in [3.8, 4) is 11.1 Å². The highest BCUT2D eigenvalue weighted by atomic mass is 32.2. The Kier molecular flexibility index (Phi) is 5.01. The molecule has 0 spiro atoms. The molecule has 2 aromatic carbocycles. The summed E-state index contributed by atoms with van der Waals surface area (Å²) in [4.78, 5) is 0.00581. The number of halogens is 1. The highest BCUT2D eigenvalue weighted by molar-refractivity contribution is 7.90. The predicted molar refractivity (Wildman–Crippen MR) is 94.2 cm³/mol. The number of sulfone groups is 1. The van der Waals surface area contributed by atoms with E-state index in [1.165, 1.54) is 30.5 Å². The van der Waals surface area contributed by atoms with Crippen LogP contribution < -0.4 is 5.32 Å². The first-order valence-corrected chi connectivity index (χ1v) is 10.1. The van der Waals surface area contributed by atoms with Gasteiger partial charge in [0.1, 0.15) is 5.82 Å². The van der Waals surface area contributed by atoms with Crippen molar-refractivity contribution in [2.45, 2.75) is 24.2 Å². The van der Waals surface area contributed by atoms with Crippen molar-refractivity contribution in [2.75, 3.05) is 19.3 Å². The number of hydrogen-bond acceptors (Lipinski definition) is 3. The quantitative estimate of drug-likeness (QED) is 0.922. The molecule has 1 aliphatic rings. The third-order valence-corrected chi connectivity index (χ3v) is 5.73. The van der Waals surface area contributed by atoms with E-state index in [1.54, 1.807) is 0 Å². The molecular formula is C19H22FNO2S. The SMILES string of the molecule is CS(=O)(=O)c1ccc(-c2ccc(CC3CCNCC3)cc2)c(F)c1. The lowest BCUT2D eigenvalue weighted by molar-refractivity contribution is 0.372. The van der Waals surface area contributed by atoms with Crippen LogP contribution in [0.15, 0.2) is 47.4 Å². The Hall–Kier alpha value is -1.72. The van der Waals surface area contributed by atoms with Gasteiger partial charge >= 0.3 is 0 Å². The Balaban J connectivity index is 1.78. The molecule has 128 valence electrons. The average Bonchev–Trinajstić information content (AvgIpc) is 2.56. The van der Waals surface area contributed by atoms with E-state index in [0.29, 0.717) is 11.5 Å². The predicted octanol–water partition coefficient (Wildman–Crippen LogP) is 3.44. The smallest absolute Gasteiger partial charge is 0.175 e. The molecule has 0 bridgehead atoms. The lowest BCUT2D eigenvalue weighted by atomic mass is 9.90. The van der Waals surface area contributed by atoms with Gasteiger partial charge in [-0.3, -0.25) is 0 Å². The summed E-state index contributed by atoms with van der Waals surface area (Å²) >= 11 is 0. The summed E-state index contributed by atoms with van der Waals surface area (Å²) in [6, 6.07) is 12.0. The topological polar surface area (TPSA) is 46.2 Å². The molecule has 0 unspecified atom stereocenters. The van der Waals surface area contributed by atoms with E-state index in [0.717, 1.165) is 37.4 Å². The molecule has 1 heterocycles. The van der Waals surface area contributed by atoms with E-state index in [1.807, 2.05) is 24.3 Å². The van der Waals surface area contributed by atoms with Crippen molar-refractivity contribution in [2.24, 2.45) is 5.92 Å². The van der Waals surface area contributed by atoms with Crippen molar-refractivity contribution >= 4 is 9.84 Å². The maximum atomic E-state index is 14.3. The van der Waals surface area contributed by atoms with Crippen molar-refractivity contribution in [3.63, 3.8) is 0 Å². The molecule has 0 aliphatic carbocycles. The van der Waals surface area contributed by atoms with E-state index in [4.69, 9.17) is 0 Å². The molecule has 0 atom stereocenters. The van der Waals surface area contributed by atoms with E-state index in [-0.39, 0.29) is 4.90 Å². The van der Waals surface area contributed by atoms with E-state index >= 15 is 0 Å². The van der Waals surface area contributed by atoms with Gasteiger partial charge in [0.15, 0.2) is 9.84 Å². The van der Waals surface area contributed by atoms with E-state index in [2.05, 4.69) is 5.32 Å². The molecule has 2 aromatic rings. The summed E-state index contributed by atoms with van der Waals surface area (Å²) in [7, 11) is -3.39. The first kappa shape index (κ1) is 17.1. The minimum Gasteiger partial charge on any atom is -0.317 e. The summed E-state index contributed by atoms with van der Waals surface area (Å²) in [6.07, 6.45) is 4.53. The molecule has 1 saturated heterocycles. The van der Waals surface area contributed by atoms with Crippen LogP contribution in [0.4, 0.5) is 4.39 Å². The first-order chi connectivity index (χ1) is 11.4. The van der Waals surface area contributed by atoms with Gasteiger partial charge in [-0.2, -0.15) is 0 Å². The van der Waals surface area contributed by atoms with Gasteiger partial charge in [-0.25, -0.2) is 12.8 Å². The summed E-state index contributed by atoms with van der Waals surface area (Å²) in [6.45, 7) is 2.17. The van der Waals surface area contributed by atoms with Crippen LogP contribution in [0.1, 0.15) is 18.4 Å². The van der Waals surface area contributed by atoms with Gasteiger partial charge in [-0.05, 0) is 61.5 Å². The second-order valence-electron chi connectivity index (χ2n) is 6.51. The molecule has 3 nitrogen and oxygen atoms in total. The monoisotopic (exact) mass is 347 g/mol. The number of benzene rings is 2. The molecule has 1 fully saturated rings. The number of hydrogen-bond donors (Lipinski definition) is 1. The highest BCUT2D eigenvalue weighted by Gasteiger charge is 2.15. The maximum absolute atomic E-state index is 14.3. The minimum absolute atomic E-state index is 0.00581. The second kappa shape index (κ2) is 7.03. The first-order valence-electron chi connectivity index (χ1n) is 8.23. The van der Waals surface area contributed by atoms with Crippen molar-refractivity contribution in [1.82, 2.24) is 5.32 Å². The van der Waals surface area contributed by atoms with Crippen molar-refractivity contribution < 1.29 is 12.8 Å². The summed E-state index contributed by atoms with van der Waals surface area (Å²) in [5.74, 6) is 0.201. The molecule has 24 heavy (non-hydrogen) atoms. The molecule has 3 rings (SSSR count). The van der Waals surface area contributed by atoms with Gasteiger partial charge in [-0.15, -0.1) is 0 Å². The Morgan fingerprint density at radius 2 is 1.75 bits per heavy atom. The normalized spacial score (nSPS) is 16.2. The number of piperidine rings is 1. The summed E-state index contributed by atoms with van der Waals surface area (Å²) in [5.41, 5.74) is 2.45. The fraction of sp³-hybridized carbons (Fsp3) is 0.368. The third-order valence-electron chi connectivity index (χ3n) is 4.62. The van der Waals surface area contributed by atoms with Gasteiger partial charge in [0.05, 0.1) is 4.90 Å². The van der Waals surface area contributed by atoms with Crippen LogP contribution in [0.2, 0.25) is 0 Å². The van der Waals surface area contributed by atoms with Crippen LogP contribution in [0, 0.1) is 11.7 Å². The van der Waals surface area contributed by atoms with Gasteiger partial charge in [0.2, 0.25) is 0 Å². The zero-order valence-corrected chi connectivity index (χ0v) is 14.6. The van der Waals surface area contributed by atoms with Crippen LogP contribution in [-0.4, -0.2) is 27.8 Å². The fourth-order valence-corrected chi connectivity index (χ4v) is 3.83. The van der Waals surface area contributed by atoms with Crippen LogP contribution in [0.5, 0.6) is 0 Å². The molecular weight excluding hydrogens is 325 g/mol. The van der Waals surface area contributed by atoms with Crippen LogP contribution in [-0.2, 0) is 16.3 Å². The molecule has 1 N–H and O–H groups in total. The third kappa shape index (κ3) is 4.02. The highest BCUT2D eigenvalue weighted by Crippen LogP contribution is 2.26. The van der Waals surface area contributed by atoms with Crippen LogP contribution in [0.3, 0.4) is 0 Å². The zero-order chi connectivity index (χ0) is 17.2. The van der Waals surface area contributed by atoms with Crippen LogP contribution >= 0.6 is 0 Å². The standard InChI is InChI=1S/C19H22FNO2S/c1-24(22,23)17-6-7-18(19(20)13-17)16-4-2-14(3-5-16)12-15-8-10-21-11-9-15/h2-7,13,15,21H,8-12H2,1H3. The Morgan fingerprint density at radius 1 is 1.08 bits per heavy atom. The van der Waals surface area contributed by atoms with E-state index < -0.39 is 15.7 Å². The molecule has 5 heteroatoms. The summed E-state index contributed by atoms with van der Waals surface area (Å²) in [5, 5.41) is 3.37. The van der Waals surface area contributed by atoms with Gasteiger partial charge in [-0.1, -0.05) is 30.3 Å². The van der Waals surface area contributed by atoms with Gasteiger partial charge in [0.25, 0.3) is 0 Å². The lowest BCUT2D eigenvalue weighted by Gasteiger charge is -2.22. The van der Waals surface area contributed by atoms with Crippen molar-refractivity contribution in [3.05, 3.63) is 53.8 Å². The lowest BCUT2D eigenvalue weighted by Crippen LogP contribution is -2.28. The Labute approximate surface area is 142 Å². The molecule has 0 amide bonds. The van der Waals surface area contributed by atoms with Gasteiger partial charge < -0.3 is 5.32 Å².